The Labute approximate surface area is 521 Å². The van der Waals surface area contributed by atoms with Gasteiger partial charge in [-0.3, -0.25) is 4.98 Å². The first-order chi connectivity index (χ1) is 40.8. The molecule has 84 heavy (non-hydrogen) atoms. The highest BCUT2D eigenvalue weighted by Gasteiger charge is 2.09. The summed E-state index contributed by atoms with van der Waals surface area (Å²) in [7, 11) is 0. The Hall–Kier alpha value is -7.75. The third-order valence-corrected chi connectivity index (χ3v) is 16.9. The third kappa shape index (κ3) is 17.6. The van der Waals surface area contributed by atoms with Gasteiger partial charge in [0.15, 0.2) is 0 Å². The summed E-state index contributed by atoms with van der Waals surface area (Å²) in [6.07, 6.45) is 12.9. The zero-order valence-corrected chi connectivity index (χ0v) is 54.1. The van der Waals surface area contributed by atoms with Crippen LogP contribution in [0.15, 0.2) is 252 Å². The molecule has 0 N–H and O–H groups in total. The molecule has 2 aliphatic rings. The van der Waals surface area contributed by atoms with Gasteiger partial charge in [0.05, 0.1) is 5.52 Å². The molecular weight excluding hydrogens is 1170 g/mol. The maximum atomic E-state index is 5.37. The normalized spacial score (nSPS) is 11.3. The molecule has 15 rings (SSSR count). The Kier molecular flexibility index (Phi) is 23.2. The number of furan rings is 1. The van der Waals surface area contributed by atoms with Crippen molar-refractivity contribution in [1.29, 1.82) is 0 Å². The van der Waals surface area contributed by atoms with Gasteiger partial charge >= 0.3 is 0 Å². The highest BCUT2D eigenvalue weighted by Crippen LogP contribution is 2.30. The number of aryl methyl sites for hydroxylation is 8. The Morgan fingerprint density at radius 3 is 1.90 bits per heavy atom. The molecule has 424 valence electrons. The van der Waals surface area contributed by atoms with Gasteiger partial charge in [-0.25, -0.2) is 0 Å². The maximum absolute atomic E-state index is 5.37. The van der Waals surface area contributed by atoms with Crippen molar-refractivity contribution in [1.82, 2.24) is 9.55 Å². The van der Waals surface area contributed by atoms with E-state index in [1.165, 1.54) is 112 Å². The van der Waals surface area contributed by atoms with Gasteiger partial charge in [0.25, 0.3) is 0 Å². The van der Waals surface area contributed by atoms with Gasteiger partial charge in [0, 0.05) is 63.4 Å². The second-order valence-corrected chi connectivity index (χ2v) is 24.5. The van der Waals surface area contributed by atoms with Crippen LogP contribution in [0.25, 0.3) is 65.4 Å². The van der Waals surface area contributed by atoms with E-state index in [0.29, 0.717) is 0 Å². The molecule has 0 saturated carbocycles. The number of fused-ring (bicyclic) bond motifs is 8. The maximum Gasteiger partial charge on any atom is 0.134 e. The fraction of sp³-hybridized carbons (Fsp3) is 0.167. The molecule has 0 spiro atoms. The average Bonchev–Trinajstić information content (AvgIpc) is 2.83. The van der Waals surface area contributed by atoms with Crippen molar-refractivity contribution in [3.8, 4) is 0 Å². The Bertz CT molecular complexity index is 4130. The molecule has 0 saturated heterocycles. The number of thiophene rings is 1. The van der Waals surface area contributed by atoms with Crippen LogP contribution in [-0.4, -0.2) is 15.8 Å². The lowest BCUT2D eigenvalue weighted by Gasteiger charge is -2.02. The molecule has 0 radical (unpaired) electrons. The molecule has 13 aromatic rings. The van der Waals surface area contributed by atoms with Crippen molar-refractivity contribution >= 4 is 111 Å². The average molecular weight is 1250 g/mol. The number of rotatable bonds is 2. The molecule has 0 aliphatic heterocycles. The molecule has 0 fully saturated rings. The molecule has 0 atom stereocenters. The van der Waals surface area contributed by atoms with Crippen molar-refractivity contribution in [3.63, 3.8) is 0 Å². The van der Waals surface area contributed by atoms with Crippen LogP contribution in [0.3, 0.4) is 0 Å². The summed E-state index contributed by atoms with van der Waals surface area (Å²) in [6.45, 7) is 20.1. The fourth-order valence-electron chi connectivity index (χ4n) is 10.1. The number of halogens is 1. The topological polar surface area (TPSA) is 31.0 Å². The molecular formula is C78H77IN2OS2. The molecule has 2 aliphatic carbocycles. The van der Waals surface area contributed by atoms with Gasteiger partial charge in [-0.15, -0.1) is 23.1 Å². The summed E-state index contributed by atoms with van der Waals surface area (Å²) in [4.78, 5) is 6.97. The quantitative estimate of drug-likeness (QED) is 0.128. The lowest BCUT2D eigenvalue weighted by Crippen LogP contribution is -1.92. The smallest absolute Gasteiger partial charge is 0.134 e. The summed E-state index contributed by atoms with van der Waals surface area (Å²) >= 11 is 5.94. The summed E-state index contributed by atoms with van der Waals surface area (Å²) in [6, 6.07) is 78.4. The molecule has 0 amide bonds. The largest absolute Gasteiger partial charge is 0.461 e. The standard InChI is InChI=1S/C15H15N.C10H9N.2C10H10.C9H8O.C9H8S.C8H10S.C7H7I/c1-3-16-14-7-5-4-6-12(14)13-10-11(2)8-9-15(13)16;1-8-6-7-11-10-5-3-2-4-9(8)10;1-8-5-6-9-3-2-4-10(9)7-8;1-8-6-7-9-4-2-3-5-10(8)9;2*1-7-6-8-4-2-3-5-9(8)10-7;1-7-3-5-8(9-2)6-4-7;1-6-3-2-4-7(8)5-6/h4-10H,3H2,1-2H3;2-7H,1H3;2,4-7H,3H2,1H3;2-6H,7H2,1H3;2*2-6H,1H3;3-6H,1-2H3;2-5H,1H3. The van der Waals surface area contributed by atoms with Crippen LogP contribution in [0, 0.1) is 52.0 Å². The van der Waals surface area contributed by atoms with Gasteiger partial charge in [-0.2, -0.15) is 0 Å². The fourth-order valence-corrected chi connectivity index (χ4v) is 12.1. The second-order valence-electron chi connectivity index (χ2n) is 21.1. The first kappa shape index (κ1) is 62.3. The number of hydrogen-bond donors (Lipinski definition) is 0. The number of nitrogens with zero attached hydrogens (tertiary/aromatic N) is 2. The van der Waals surface area contributed by atoms with Gasteiger partial charge in [0.2, 0.25) is 0 Å². The molecule has 0 unspecified atom stereocenters. The third-order valence-electron chi connectivity index (χ3n) is 14.5. The second kappa shape index (κ2) is 31.2. The van der Waals surface area contributed by atoms with E-state index in [1.54, 1.807) is 11.8 Å². The molecule has 4 aromatic heterocycles. The first-order valence-electron chi connectivity index (χ1n) is 28.8. The summed E-state index contributed by atoms with van der Waals surface area (Å²) in [5, 5.41) is 6.53. The molecule has 4 heterocycles. The lowest BCUT2D eigenvalue weighted by atomic mass is 10.1. The number of hydrogen-bond acceptors (Lipinski definition) is 4. The Balaban J connectivity index is 0.000000126. The van der Waals surface area contributed by atoms with Crippen LogP contribution in [0.2, 0.25) is 0 Å². The van der Waals surface area contributed by atoms with Crippen LogP contribution < -0.4 is 0 Å². The van der Waals surface area contributed by atoms with E-state index < -0.39 is 0 Å². The monoisotopic (exact) mass is 1250 g/mol. The number of thioether (sulfide) groups is 1. The minimum Gasteiger partial charge on any atom is -0.461 e. The van der Waals surface area contributed by atoms with E-state index in [2.05, 4.69) is 282 Å². The first-order valence-corrected chi connectivity index (χ1v) is 31.9. The zero-order chi connectivity index (χ0) is 59.4. The van der Waals surface area contributed by atoms with Gasteiger partial charge in [-0.05, 0) is 222 Å². The zero-order valence-electron chi connectivity index (χ0n) is 50.3. The van der Waals surface area contributed by atoms with E-state index in [-0.39, 0.29) is 0 Å². The predicted octanol–water partition coefficient (Wildman–Crippen LogP) is 23.1. The number of benzene rings is 9. The number of aromatic nitrogens is 2. The molecule has 9 aromatic carbocycles. The van der Waals surface area contributed by atoms with E-state index in [4.69, 9.17) is 4.42 Å². The highest BCUT2D eigenvalue weighted by atomic mass is 127. The van der Waals surface area contributed by atoms with Crippen LogP contribution in [0.4, 0.5) is 0 Å². The van der Waals surface area contributed by atoms with E-state index >= 15 is 0 Å². The van der Waals surface area contributed by atoms with Gasteiger partial charge < -0.3 is 8.98 Å². The molecule has 3 nitrogen and oxygen atoms in total. The van der Waals surface area contributed by atoms with Gasteiger partial charge in [-0.1, -0.05) is 186 Å². The van der Waals surface area contributed by atoms with Gasteiger partial charge in [0.1, 0.15) is 11.3 Å². The minimum absolute atomic E-state index is 0.972. The van der Waals surface area contributed by atoms with Crippen LogP contribution in [-0.2, 0) is 19.4 Å². The molecule has 6 heteroatoms. The molecule has 0 bridgehead atoms. The van der Waals surface area contributed by atoms with Crippen molar-refractivity contribution in [2.45, 2.75) is 86.6 Å². The van der Waals surface area contributed by atoms with Crippen LogP contribution in [0.5, 0.6) is 0 Å². The minimum atomic E-state index is 0.972. The highest BCUT2D eigenvalue weighted by molar-refractivity contribution is 14.1. The van der Waals surface area contributed by atoms with E-state index in [0.717, 1.165) is 36.2 Å². The van der Waals surface area contributed by atoms with Crippen molar-refractivity contribution < 1.29 is 4.42 Å². The Morgan fingerprint density at radius 1 is 0.536 bits per heavy atom. The number of pyridine rings is 1. The lowest BCUT2D eigenvalue weighted by molar-refractivity contribution is 0.578. The van der Waals surface area contributed by atoms with E-state index in [1.807, 2.05) is 79.1 Å². The number of para-hydroxylation sites is 3. The number of allylic oxidation sites excluding steroid dienone is 3. The van der Waals surface area contributed by atoms with E-state index in [9.17, 15) is 0 Å². The summed E-state index contributed by atoms with van der Waals surface area (Å²) < 4.78 is 10.4. The van der Waals surface area contributed by atoms with Crippen molar-refractivity contribution in [3.05, 3.63) is 307 Å². The summed E-state index contributed by atoms with van der Waals surface area (Å²) in [5.41, 5.74) is 18.5. The van der Waals surface area contributed by atoms with Crippen molar-refractivity contribution in [2.24, 2.45) is 0 Å². The summed E-state index contributed by atoms with van der Waals surface area (Å²) in [5.74, 6) is 0.973. The predicted molar refractivity (Wildman–Crippen MR) is 378 cm³/mol. The van der Waals surface area contributed by atoms with Crippen molar-refractivity contribution in [2.75, 3.05) is 6.26 Å². The SMILES string of the molecule is CC1=CCc2ccccc21.CCn1c2ccccc2c2cc(C)ccc21.CSc1ccc(C)cc1.Cc1cc2ccccc2o1.Cc1cc2ccccc2s1.Cc1ccc2c(c1)C=CC2.Cc1cccc(I)c1.Cc1ccnc2ccccc12. The van der Waals surface area contributed by atoms with Crippen LogP contribution in [0.1, 0.15) is 74.6 Å². The Morgan fingerprint density at radius 2 is 1.19 bits per heavy atom. The van der Waals surface area contributed by atoms with Crippen LogP contribution >= 0.6 is 45.7 Å².